The van der Waals surface area contributed by atoms with Gasteiger partial charge in [-0.2, -0.15) is 4.33 Å². The number of anilines is 1. The molecule has 4 aromatic rings. The molecule has 377 valence electrons. The summed E-state index contributed by atoms with van der Waals surface area (Å²) in [5.41, 5.74) is 1.36. The van der Waals surface area contributed by atoms with Gasteiger partial charge in [-0.1, -0.05) is 56.7 Å². The van der Waals surface area contributed by atoms with E-state index in [1.165, 1.54) is 30.5 Å². The van der Waals surface area contributed by atoms with Crippen LogP contribution in [0.25, 0.3) is 5.84 Å². The number of aromatic nitrogens is 1. The number of rotatable bonds is 27. The van der Waals surface area contributed by atoms with E-state index in [1.54, 1.807) is 48.5 Å². The topological polar surface area (TPSA) is 381 Å². The summed E-state index contributed by atoms with van der Waals surface area (Å²) in [7, 11) is -11.5. The fourth-order valence-corrected chi connectivity index (χ4v) is 10.3. The molecule has 1 heterocycles. The summed E-state index contributed by atoms with van der Waals surface area (Å²) in [6.45, 7) is -1.33. The number of carbonyl (C=O) groups is 3. The molecule has 0 saturated carbocycles. The number of aliphatic hydroxyl groups is 3. The Kier molecular flexibility index (Phi) is 42.0. The van der Waals surface area contributed by atoms with Crippen LogP contribution in [0.1, 0.15) is 68.1 Å². The summed E-state index contributed by atoms with van der Waals surface area (Å²) in [6, 6.07) is 20.7. The molecule has 1 aromatic heterocycles. The Morgan fingerprint density at radius 2 is 1.18 bits per heavy atom. The normalized spacial score (nSPS) is 10.8. The second-order valence-corrected chi connectivity index (χ2v) is 20.4. The van der Waals surface area contributed by atoms with E-state index in [-0.39, 0.29) is 121 Å². The maximum Gasteiger partial charge on any atom is 1.00 e. The predicted octanol–water partition coefficient (Wildman–Crippen LogP) is -7.61. The Bertz CT molecular complexity index is 2300. The SMILES string of the molecule is O=C(O)CNC(CO)(CO)CO.O=S(=O)([O-])c1cccc([PH+](c2cccc(SOO[O-])c2)c2cccc(S(=O)(=O)[O-])c2)c1.[NH-]Nc1ccc(C(=O)NCCCCCCCCCCC(=O)O)cn1.[Na+].[Na+].[Na+].[Tc]. The minimum absolute atomic E-state index is 0. The number of aliphatic carboxylic acids is 2. The molecule has 0 unspecified atom stereocenters. The Balaban J connectivity index is -0.00000104. The van der Waals surface area contributed by atoms with Gasteiger partial charge in [-0.05, 0) is 79.6 Å². The molecule has 0 spiro atoms. The second-order valence-electron chi connectivity index (χ2n) is 14.4. The van der Waals surface area contributed by atoms with Gasteiger partial charge in [0.05, 0.1) is 67.2 Å². The summed E-state index contributed by atoms with van der Waals surface area (Å²) in [6.07, 6.45) is 10.1. The van der Waals surface area contributed by atoms with Crippen molar-refractivity contribution < 1.29 is 189 Å². The van der Waals surface area contributed by atoms with E-state index < -0.39 is 81.8 Å². The number of carboxylic acid groups (broad SMARTS) is 2. The van der Waals surface area contributed by atoms with Crippen LogP contribution in [0.2, 0.25) is 0 Å². The van der Waals surface area contributed by atoms with E-state index in [0.29, 0.717) is 50.8 Å². The van der Waals surface area contributed by atoms with Crippen LogP contribution in [0.4, 0.5) is 5.82 Å². The average molecular weight is 1180 g/mol. The van der Waals surface area contributed by atoms with E-state index in [2.05, 4.69) is 30.4 Å². The molecule has 0 aliphatic rings. The maximum atomic E-state index is 11.9. The van der Waals surface area contributed by atoms with Gasteiger partial charge in [-0.15, -0.1) is 0 Å². The first-order valence-corrected chi connectivity index (χ1v) is 25.3. The number of benzene rings is 3. The Hall–Kier alpha value is -1.05. The van der Waals surface area contributed by atoms with Crippen LogP contribution in [-0.2, 0) is 59.3 Å². The van der Waals surface area contributed by atoms with Gasteiger partial charge < -0.3 is 56.5 Å². The smallest absolute Gasteiger partial charge is 0.744 e. The van der Waals surface area contributed by atoms with Crippen LogP contribution in [0.3, 0.4) is 0 Å². The van der Waals surface area contributed by atoms with E-state index >= 15 is 0 Å². The van der Waals surface area contributed by atoms with Gasteiger partial charge in [-0.3, -0.25) is 24.7 Å². The summed E-state index contributed by atoms with van der Waals surface area (Å²) in [4.78, 5) is 35.9. The average Bonchev–Trinajstić information content (AvgIpc) is 3.31. The van der Waals surface area contributed by atoms with Crippen LogP contribution >= 0.6 is 20.0 Å². The first kappa shape index (κ1) is 74.2. The van der Waals surface area contributed by atoms with Crippen molar-refractivity contribution in [2.75, 3.05) is 38.3 Å². The van der Waals surface area contributed by atoms with Crippen LogP contribution in [-0.4, -0.2) is 113 Å². The van der Waals surface area contributed by atoms with Crippen LogP contribution in [0, 0.1) is 0 Å². The van der Waals surface area contributed by atoms with Crippen molar-refractivity contribution in [2.24, 2.45) is 0 Å². The fourth-order valence-electron chi connectivity index (χ4n) is 5.82. The molecule has 9 N–H and O–H groups in total. The van der Waals surface area contributed by atoms with Crippen molar-refractivity contribution in [3.05, 3.63) is 103 Å². The van der Waals surface area contributed by atoms with Gasteiger partial charge in [0, 0.05) is 44.2 Å². The molecule has 30 heteroatoms. The molecule has 0 bridgehead atoms. The first-order valence-electron chi connectivity index (χ1n) is 20.2. The van der Waals surface area contributed by atoms with Gasteiger partial charge in [0.2, 0.25) is 0 Å². The predicted molar refractivity (Wildman–Crippen MR) is 244 cm³/mol. The molecule has 0 saturated heterocycles. The van der Waals surface area contributed by atoms with E-state index in [1.807, 2.05) is 0 Å². The zero-order valence-corrected chi connectivity index (χ0v) is 50.6. The molecule has 0 aliphatic heterocycles. The third-order valence-electron chi connectivity index (χ3n) is 9.38. The molecular weight excluding hydrogens is 1130 g/mol. The van der Waals surface area contributed by atoms with E-state index in [4.69, 9.17) is 31.4 Å². The van der Waals surface area contributed by atoms with Gasteiger partial charge in [0.1, 0.15) is 42.0 Å². The molecule has 22 nitrogen and oxygen atoms in total. The third kappa shape index (κ3) is 29.7. The summed E-state index contributed by atoms with van der Waals surface area (Å²) in [5, 5.41) is 63.2. The van der Waals surface area contributed by atoms with Crippen LogP contribution in [0.5, 0.6) is 0 Å². The maximum absolute atomic E-state index is 11.9. The number of aliphatic hydroxyl groups excluding tert-OH is 3. The Morgan fingerprint density at radius 3 is 1.61 bits per heavy atom. The van der Waals surface area contributed by atoms with Crippen molar-refractivity contribution >= 4 is 79.8 Å². The molecule has 0 aliphatic carbocycles. The van der Waals surface area contributed by atoms with Gasteiger partial charge in [0.15, 0.2) is 0 Å². The summed E-state index contributed by atoms with van der Waals surface area (Å²) in [5.74, 6) is 5.38. The van der Waals surface area contributed by atoms with Crippen molar-refractivity contribution in [1.82, 2.24) is 15.6 Å². The van der Waals surface area contributed by atoms with E-state index in [0.717, 1.165) is 63.5 Å². The van der Waals surface area contributed by atoms with Crippen molar-refractivity contribution in [1.29, 1.82) is 0 Å². The second kappa shape index (κ2) is 40.2. The molecule has 1 amide bonds. The zero-order chi connectivity index (χ0) is 49.9. The molecule has 71 heavy (non-hydrogen) atoms. The molecule has 0 atom stereocenters. The van der Waals surface area contributed by atoms with Crippen molar-refractivity contribution in [2.45, 2.75) is 78.0 Å². The number of amides is 1. The number of carboxylic acids is 2. The van der Waals surface area contributed by atoms with Gasteiger partial charge in [0.25, 0.3) is 5.91 Å². The zero-order valence-electron chi connectivity index (χ0n) is 39.2. The summed E-state index contributed by atoms with van der Waals surface area (Å²) < 4.78 is 73.4. The molecular formula is C41H53N5Na3O17PS3Tc. The van der Waals surface area contributed by atoms with Gasteiger partial charge >= 0.3 is 101 Å². The number of unbranched alkanes of at least 4 members (excludes halogenated alkanes) is 7. The molecule has 0 fully saturated rings. The fraction of sp³-hybridized carbons (Fsp3) is 0.366. The minimum Gasteiger partial charge on any atom is -0.744 e. The quantitative estimate of drug-likeness (QED) is 0.00523. The molecule has 1 radical (unpaired) electrons. The Labute approximate surface area is 498 Å². The summed E-state index contributed by atoms with van der Waals surface area (Å²) >= 11 is 0.647. The number of nitrogens with one attached hydrogen (secondary N) is 4. The van der Waals surface area contributed by atoms with E-state index in [9.17, 15) is 45.6 Å². The van der Waals surface area contributed by atoms with Crippen molar-refractivity contribution in [3.63, 3.8) is 0 Å². The molecule has 3 aromatic carbocycles. The first-order chi connectivity index (χ1) is 31.8. The van der Waals surface area contributed by atoms with Crippen LogP contribution in [0.15, 0.2) is 106 Å². The van der Waals surface area contributed by atoms with Gasteiger partial charge in [-0.25, -0.2) is 21.8 Å². The van der Waals surface area contributed by atoms with Crippen molar-refractivity contribution in [3.8, 4) is 0 Å². The third-order valence-corrected chi connectivity index (χ3v) is 14.3. The number of nitrogens with zero attached hydrogens (tertiary/aromatic N) is 1. The number of pyridine rings is 1. The Morgan fingerprint density at radius 1 is 0.704 bits per heavy atom. The monoisotopic (exact) mass is 1180 g/mol. The number of hydrogen-bond acceptors (Lipinski definition) is 19. The standard InChI is InChI=1S/C18H15O9PS3.C17H27N4O3.C6H13NO5.3Na.Tc/c19-26-27-29-16-7-1-4-13(10-16)28(14-5-2-8-17(11-14)30(20,21)22)15-6-3-9-18(12-15)31(23,24)25;18-21-15-11-10-14(13-20-15)17(24)19-12-8-6-4-2-1-3-5-7-9-16(22)23;8-2-6(3-9,4-10)7-1-5(11)12;;;;/h1-12,19H,(H,20,21,22)(H,23,24,25);10-11,13,18H,1-9,12H2,(H,22,23)(H2,19,20,21,24);7-10H,1-4H2,(H,11,12);;;;/q;-1;;3*+1;/p-2. The minimum atomic E-state index is -4.73. The number of carbonyl (C=O) groups excluding carboxylic acids is 1. The molecule has 4 rings (SSSR count). The van der Waals surface area contributed by atoms with Crippen LogP contribution < -0.4 is 126 Å². The number of hydrogen-bond donors (Lipinski definition) is 8. The largest absolute Gasteiger partial charge is 1.00 e.